The fourth-order valence-corrected chi connectivity index (χ4v) is 3.04. The number of benzene rings is 2. The Balaban J connectivity index is 1.43. The van der Waals surface area contributed by atoms with E-state index in [2.05, 4.69) is 22.0 Å². The van der Waals surface area contributed by atoms with Crippen LogP contribution < -0.4 is 10.1 Å². The van der Waals surface area contributed by atoms with Crippen molar-refractivity contribution in [2.24, 2.45) is 0 Å². The summed E-state index contributed by atoms with van der Waals surface area (Å²) in [5.74, 6) is 0.829. The van der Waals surface area contributed by atoms with E-state index in [9.17, 15) is 4.79 Å². The molecular formula is C21H27N3O2. The molecule has 2 aromatic rings. The predicted molar refractivity (Wildman–Crippen MR) is 104 cm³/mol. The van der Waals surface area contributed by atoms with E-state index >= 15 is 0 Å². The molecule has 0 bridgehead atoms. The van der Waals surface area contributed by atoms with E-state index in [1.807, 2.05) is 54.6 Å². The first-order valence-corrected chi connectivity index (χ1v) is 9.24. The van der Waals surface area contributed by atoms with Gasteiger partial charge in [-0.05, 0) is 36.4 Å². The van der Waals surface area contributed by atoms with E-state index < -0.39 is 0 Å². The second-order valence-corrected chi connectivity index (χ2v) is 6.56. The van der Waals surface area contributed by atoms with E-state index in [-0.39, 0.29) is 5.91 Å². The van der Waals surface area contributed by atoms with Gasteiger partial charge in [-0.2, -0.15) is 0 Å². The third-order valence-electron chi connectivity index (χ3n) is 4.67. The number of nitrogens with zero attached hydrogens (tertiary/aromatic N) is 2. The highest BCUT2D eigenvalue weighted by atomic mass is 16.5. The smallest absolute Gasteiger partial charge is 0.238 e. The molecule has 1 fully saturated rings. The number of nitrogens with one attached hydrogen (secondary N) is 1. The standard InChI is InChI=1S/C21H27N3O2/c1-2-23-12-14-24(15-13-23)16-21(25)22-19-8-10-20(11-9-19)26-17-18-6-4-3-5-7-18/h3-11H,2,12-17H2,1H3,(H,22,25). The summed E-state index contributed by atoms with van der Waals surface area (Å²) < 4.78 is 5.77. The number of piperazine rings is 1. The molecule has 1 N–H and O–H groups in total. The SMILES string of the molecule is CCN1CCN(CC(=O)Nc2ccc(OCc3ccccc3)cc2)CC1. The van der Waals surface area contributed by atoms with Crippen molar-refractivity contribution in [3.63, 3.8) is 0 Å². The average Bonchev–Trinajstić information content (AvgIpc) is 2.69. The average molecular weight is 353 g/mol. The highest BCUT2D eigenvalue weighted by Crippen LogP contribution is 2.17. The van der Waals surface area contributed by atoms with Crippen molar-refractivity contribution in [1.29, 1.82) is 0 Å². The maximum atomic E-state index is 12.2. The molecule has 0 radical (unpaired) electrons. The molecule has 138 valence electrons. The molecule has 3 rings (SSSR count). The van der Waals surface area contributed by atoms with Gasteiger partial charge in [-0.3, -0.25) is 9.69 Å². The van der Waals surface area contributed by atoms with Gasteiger partial charge in [-0.15, -0.1) is 0 Å². The lowest BCUT2D eigenvalue weighted by atomic mass is 10.2. The zero-order valence-corrected chi connectivity index (χ0v) is 15.4. The van der Waals surface area contributed by atoms with Gasteiger partial charge in [0.25, 0.3) is 0 Å². The monoisotopic (exact) mass is 353 g/mol. The first-order valence-electron chi connectivity index (χ1n) is 9.24. The fourth-order valence-electron chi connectivity index (χ4n) is 3.04. The summed E-state index contributed by atoms with van der Waals surface area (Å²) in [6.07, 6.45) is 0. The van der Waals surface area contributed by atoms with Crippen LogP contribution in [0.4, 0.5) is 5.69 Å². The minimum Gasteiger partial charge on any atom is -0.489 e. The van der Waals surface area contributed by atoms with Crippen LogP contribution in [-0.2, 0) is 11.4 Å². The number of rotatable bonds is 7. The van der Waals surface area contributed by atoms with Crippen LogP contribution in [0.2, 0.25) is 0 Å². The van der Waals surface area contributed by atoms with Crippen molar-refractivity contribution in [1.82, 2.24) is 9.80 Å². The van der Waals surface area contributed by atoms with Crippen LogP contribution in [0.5, 0.6) is 5.75 Å². The van der Waals surface area contributed by atoms with E-state index in [0.29, 0.717) is 13.2 Å². The quantitative estimate of drug-likeness (QED) is 0.831. The molecule has 2 aromatic carbocycles. The summed E-state index contributed by atoms with van der Waals surface area (Å²) in [7, 11) is 0. The van der Waals surface area contributed by atoms with Gasteiger partial charge in [-0.25, -0.2) is 0 Å². The Morgan fingerprint density at radius 1 is 0.962 bits per heavy atom. The Labute approximate surface area is 155 Å². The van der Waals surface area contributed by atoms with E-state index in [4.69, 9.17) is 4.74 Å². The molecule has 1 heterocycles. The van der Waals surface area contributed by atoms with E-state index in [1.54, 1.807) is 0 Å². The highest BCUT2D eigenvalue weighted by Gasteiger charge is 2.17. The second-order valence-electron chi connectivity index (χ2n) is 6.56. The summed E-state index contributed by atoms with van der Waals surface area (Å²) in [5, 5.41) is 2.97. The number of likely N-dealkylation sites (N-methyl/N-ethyl adjacent to an activating group) is 1. The number of hydrogen-bond donors (Lipinski definition) is 1. The summed E-state index contributed by atoms with van der Waals surface area (Å²) in [5.41, 5.74) is 1.93. The number of carbonyl (C=O) groups is 1. The summed E-state index contributed by atoms with van der Waals surface area (Å²) in [6, 6.07) is 17.6. The predicted octanol–water partition coefficient (Wildman–Crippen LogP) is 2.84. The minimum absolute atomic E-state index is 0.0351. The van der Waals surface area contributed by atoms with Crippen LogP contribution in [0.1, 0.15) is 12.5 Å². The first-order chi connectivity index (χ1) is 12.7. The maximum absolute atomic E-state index is 12.2. The Kier molecular flexibility index (Phi) is 6.63. The van der Waals surface area contributed by atoms with Crippen molar-refractivity contribution in [3.05, 3.63) is 60.2 Å². The van der Waals surface area contributed by atoms with Crippen molar-refractivity contribution < 1.29 is 9.53 Å². The van der Waals surface area contributed by atoms with Crippen LogP contribution >= 0.6 is 0 Å². The molecule has 1 amide bonds. The van der Waals surface area contributed by atoms with Gasteiger partial charge in [0.2, 0.25) is 5.91 Å². The van der Waals surface area contributed by atoms with Crippen LogP contribution in [-0.4, -0.2) is 55.0 Å². The molecule has 1 saturated heterocycles. The van der Waals surface area contributed by atoms with Crippen molar-refractivity contribution in [3.8, 4) is 5.75 Å². The zero-order valence-electron chi connectivity index (χ0n) is 15.4. The highest BCUT2D eigenvalue weighted by molar-refractivity contribution is 5.92. The Morgan fingerprint density at radius 3 is 2.27 bits per heavy atom. The molecule has 0 unspecified atom stereocenters. The third kappa shape index (κ3) is 5.58. The van der Waals surface area contributed by atoms with Gasteiger partial charge >= 0.3 is 0 Å². The Bertz CT molecular complexity index is 680. The van der Waals surface area contributed by atoms with Crippen LogP contribution in [0.3, 0.4) is 0 Å². The fraction of sp³-hybridized carbons (Fsp3) is 0.381. The summed E-state index contributed by atoms with van der Waals surface area (Å²) in [4.78, 5) is 16.8. The van der Waals surface area contributed by atoms with E-state index in [0.717, 1.165) is 49.7 Å². The summed E-state index contributed by atoms with van der Waals surface area (Å²) >= 11 is 0. The molecule has 0 aromatic heterocycles. The normalized spacial score (nSPS) is 15.6. The molecule has 26 heavy (non-hydrogen) atoms. The Hall–Kier alpha value is -2.37. The van der Waals surface area contributed by atoms with Gasteiger partial charge in [0.05, 0.1) is 6.54 Å². The largest absolute Gasteiger partial charge is 0.489 e. The third-order valence-corrected chi connectivity index (χ3v) is 4.67. The lowest BCUT2D eigenvalue weighted by Gasteiger charge is -2.33. The number of ether oxygens (including phenoxy) is 1. The van der Waals surface area contributed by atoms with Crippen molar-refractivity contribution in [2.45, 2.75) is 13.5 Å². The molecule has 5 nitrogen and oxygen atoms in total. The van der Waals surface area contributed by atoms with E-state index in [1.165, 1.54) is 0 Å². The first kappa shape index (κ1) is 18.4. The minimum atomic E-state index is 0.0351. The van der Waals surface area contributed by atoms with Gasteiger partial charge in [0.15, 0.2) is 0 Å². The number of hydrogen-bond acceptors (Lipinski definition) is 4. The molecule has 0 saturated carbocycles. The molecular weight excluding hydrogens is 326 g/mol. The van der Waals surface area contributed by atoms with Gasteiger partial charge < -0.3 is 15.0 Å². The molecule has 1 aliphatic rings. The number of amides is 1. The molecule has 0 spiro atoms. The van der Waals surface area contributed by atoms with Gasteiger partial charge in [0.1, 0.15) is 12.4 Å². The molecule has 5 heteroatoms. The number of anilines is 1. The van der Waals surface area contributed by atoms with Crippen LogP contribution in [0, 0.1) is 0 Å². The lowest BCUT2D eigenvalue weighted by molar-refractivity contribution is -0.117. The number of carbonyl (C=O) groups excluding carboxylic acids is 1. The van der Waals surface area contributed by atoms with Crippen LogP contribution in [0.25, 0.3) is 0 Å². The van der Waals surface area contributed by atoms with Crippen molar-refractivity contribution in [2.75, 3.05) is 44.6 Å². The molecule has 0 atom stereocenters. The zero-order chi connectivity index (χ0) is 18.2. The maximum Gasteiger partial charge on any atom is 0.238 e. The topological polar surface area (TPSA) is 44.8 Å². The Morgan fingerprint density at radius 2 is 1.62 bits per heavy atom. The molecule has 0 aliphatic carbocycles. The molecule has 1 aliphatic heterocycles. The van der Waals surface area contributed by atoms with Gasteiger partial charge in [-0.1, -0.05) is 37.3 Å². The van der Waals surface area contributed by atoms with Gasteiger partial charge in [0, 0.05) is 31.9 Å². The van der Waals surface area contributed by atoms with Crippen LogP contribution in [0.15, 0.2) is 54.6 Å². The summed E-state index contributed by atoms with van der Waals surface area (Å²) in [6.45, 7) is 8.23. The van der Waals surface area contributed by atoms with Crippen molar-refractivity contribution >= 4 is 11.6 Å². The lowest BCUT2D eigenvalue weighted by Crippen LogP contribution is -2.48. The second kappa shape index (κ2) is 9.36.